The van der Waals surface area contributed by atoms with E-state index in [2.05, 4.69) is 9.97 Å². The van der Waals surface area contributed by atoms with Gasteiger partial charge < -0.3 is 10.1 Å². The van der Waals surface area contributed by atoms with Crippen LogP contribution < -0.4 is 0 Å². The molecule has 0 bridgehead atoms. The van der Waals surface area contributed by atoms with Gasteiger partial charge in [-0.2, -0.15) is 13.2 Å². The number of nitrogens with one attached hydrogen (secondary N) is 1. The lowest BCUT2D eigenvalue weighted by Gasteiger charge is -2.10. The zero-order valence-corrected chi connectivity index (χ0v) is 9.73. The zero-order valence-electron chi connectivity index (χ0n) is 9.73. The number of aldehydes is 1. The number of carboxylic acids is 1. The van der Waals surface area contributed by atoms with E-state index < -0.39 is 17.7 Å². The van der Waals surface area contributed by atoms with Crippen LogP contribution in [0.25, 0.3) is 11.3 Å². The SMILES string of the molecule is O=Cc1[nH]cnc1-c1cc(C(F)(F)F)ccc1C(=O)O. The standard InChI is InChI=1S/C12H7F3N2O3/c13-12(14,15)6-1-2-7(11(19)20)8(3-6)10-9(4-18)16-5-17-10/h1-5H,(H,16,17)(H,19,20). The molecular weight excluding hydrogens is 277 g/mol. The summed E-state index contributed by atoms with van der Waals surface area (Å²) in [6.07, 6.45) is -3.16. The third-order valence-electron chi connectivity index (χ3n) is 2.62. The summed E-state index contributed by atoms with van der Waals surface area (Å²) in [4.78, 5) is 28.0. The van der Waals surface area contributed by atoms with Gasteiger partial charge in [0.1, 0.15) is 5.69 Å². The van der Waals surface area contributed by atoms with Crippen molar-refractivity contribution in [3.63, 3.8) is 0 Å². The summed E-state index contributed by atoms with van der Waals surface area (Å²) in [5, 5.41) is 9.01. The summed E-state index contributed by atoms with van der Waals surface area (Å²) in [5.74, 6) is -1.41. The first-order valence-corrected chi connectivity index (χ1v) is 5.28. The van der Waals surface area contributed by atoms with Crippen LogP contribution in [0.3, 0.4) is 0 Å². The second kappa shape index (κ2) is 4.80. The molecule has 1 aromatic heterocycles. The first-order chi connectivity index (χ1) is 9.34. The van der Waals surface area contributed by atoms with Gasteiger partial charge in [0.25, 0.3) is 0 Å². The van der Waals surface area contributed by atoms with Gasteiger partial charge in [0.15, 0.2) is 6.29 Å². The lowest BCUT2D eigenvalue weighted by Crippen LogP contribution is -2.08. The Hall–Kier alpha value is -2.64. The first kappa shape index (κ1) is 13.8. The Morgan fingerprint density at radius 3 is 2.60 bits per heavy atom. The van der Waals surface area contributed by atoms with Crippen molar-refractivity contribution in [2.45, 2.75) is 6.18 Å². The number of halogens is 3. The second-order valence-electron chi connectivity index (χ2n) is 3.85. The van der Waals surface area contributed by atoms with E-state index in [0.29, 0.717) is 18.4 Å². The minimum Gasteiger partial charge on any atom is -0.478 e. The molecule has 0 radical (unpaired) electrons. The third-order valence-corrected chi connectivity index (χ3v) is 2.62. The Morgan fingerprint density at radius 1 is 1.35 bits per heavy atom. The number of carboxylic acid groups (broad SMARTS) is 1. The van der Waals surface area contributed by atoms with Gasteiger partial charge in [-0.1, -0.05) is 0 Å². The van der Waals surface area contributed by atoms with E-state index in [4.69, 9.17) is 5.11 Å². The fourth-order valence-electron chi connectivity index (χ4n) is 1.71. The number of alkyl halides is 3. The Labute approximate surface area is 110 Å². The number of H-pyrrole nitrogens is 1. The molecule has 1 heterocycles. The van der Waals surface area contributed by atoms with Crippen LogP contribution in [0.2, 0.25) is 0 Å². The maximum atomic E-state index is 12.7. The number of aromatic carboxylic acids is 1. The summed E-state index contributed by atoms with van der Waals surface area (Å²) < 4.78 is 38.0. The van der Waals surface area contributed by atoms with Gasteiger partial charge in [-0.25, -0.2) is 9.78 Å². The topological polar surface area (TPSA) is 83.0 Å². The van der Waals surface area contributed by atoms with E-state index in [1.165, 1.54) is 0 Å². The summed E-state index contributed by atoms with van der Waals surface area (Å²) in [7, 11) is 0. The highest BCUT2D eigenvalue weighted by Gasteiger charge is 2.32. The molecule has 1 aromatic carbocycles. The molecule has 2 rings (SSSR count). The van der Waals surface area contributed by atoms with Gasteiger partial charge in [0.05, 0.1) is 23.1 Å². The summed E-state index contributed by atoms with van der Waals surface area (Å²) in [6, 6.07) is 2.16. The fourth-order valence-corrected chi connectivity index (χ4v) is 1.71. The quantitative estimate of drug-likeness (QED) is 0.849. The Kier molecular flexibility index (Phi) is 3.31. The lowest BCUT2D eigenvalue weighted by atomic mass is 10.00. The number of imidazole rings is 1. The Morgan fingerprint density at radius 2 is 2.05 bits per heavy atom. The third kappa shape index (κ3) is 2.40. The molecule has 8 heteroatoms. The molecular formula is C12H7F3N2O3. The number of aromatic amines is 1. The van der Waals surface area contributed by atoms with Crippen molar-refractivity contribution in [1.82, 2.24) is 9.97 Å². The van der Waals surface area contributed by atoms with Gasteiger partial charge in [0.2, 0.25) is 0 Å². The molecule has 0 atom stereocenters. The first-order valence-electron chi connectivity index (χ1n) is 5.28. The molecule has 0 aliphatic carbocycles. The molecule has 0 spiro atoms. The normalized spacial score (nSPS) is 11.3. The molecule has 2 N–H and O–H groups in total. The van der Waals surface area contributed by atoms with Crippen molar-refractivity contribution in [3.05, 3.63) is 41.3 Å². The van der Waals surface area contributed by atoms with Crippen molar-refractivity contribution in [3.8, 4) is 11.3 Å². The van der Waals surface area contributed by atoms with Crippen molar-refractivity contribution in [1.29, 1.82) is 0 Å². The van der Waals surface area contributed by atoms with E-state index in [0.717, 1.165) is 12.4 Å². The molecule has 0 amide bonds. The van der Waals surface area contributed by atoms with Crippen LogP contribution in [-0.4, -0.2) is 27.3 Å². The highest BCUT2D eigenvalue weighted by atomic mass is 19.4. The van der Waals surface area contributed by atoms with Gasteiger partial charge >= 0.3 is 12.1 Å². The molecule has 0 fully saturated rings. The molecule has 0 unspecified atom stereocenters. The average Bonchev–Trinajstić information content (AvgIpc) is 2.84. The van der Waals surface area contributed by atoms with E-state index in [1.807, 2.05) is 0 Å². The summed E-state index contributed by atoms with van der Waals surface area (Å²) >= 11 is 0. The average molecular weight is 284 g/mol. The van der Waals surface area contributed by atoms with Crippen LogP contribution in [0.5, 0.6) is 0 Å². The fraction of sp³-hybridized carbons (Fsp3) is 0.0833. The Bertz CT molecular complexity index is 677. The van der Waals surface area contributed by atoms with Crippen LogP contribution in [-0.2, 0) is 6.18 Å². The van der Waals surface area contributed by atoms with E-state index in [-0.39, 0.29) is 22.5 Å². The van der Waals surface area contributed by atoms with Gasteiger partial charge in [-0.15, -0.1) is 0 Å². The van der Waals surface area contributed by atoms with Gasteiger partial charge in [-0.3, -0.25) is 4.79 Å². The number of benzene rings is 1. The van der Waals surface area contributed by atoms with Crippen LogP contribution >= 0.6 is 0 Å². The molecule has 5 nitrogen and oxygen atoms in total. The van der Waals surface area contributed by atoms with E-state index in [9.17, 15) is 22.8 Å². The van der Waals surface area contributed by atoms with Crippen LogP contribution in [0.4, 0.5) is 13.2 Å². The molecule has 104 valence electrons. The predicted molar refractivity (Wildman–Crippen MR) is 61.4 cm³/mol. The lowest BCUT2D eigenvalue weighted by molar-refractivity contribution is -0.137. The van der Waals surface area contributed by atoms with Crippen molar-refractivity contribution in [2.24, 2.45) is 0 Å². The van der Waals surface area contributed by atoms with Crippen LogP contribution in [0.1, 0.15) is 26.4 Å². The number of hydrogen-bond donors (Lipinski definition) is 2. The van der Waals surface area contributed by atoms with Crippen molar-refractivity contribution < 1.29 is 27.9 Å². The maximum absolute atomic E-state index is 12.7. The number of carbonyl (C=O) groups excluding carboxylic acids is 1. The molecule has 20 heavy (non-hydrogen) atoms. The molecule has 0 aliphatic rings. The smallest absolute Gasteiger partial charge is 0.416 e. The zero-order chi connectivity index (χ0) is 14.9. The van der Waals surface area contributed by atoms with Crippen molar-refractivity contribution >= 4 is 12.3 Å². The van der Waals surface area contributed by atoms with Gasteiger partial charge in [0, 0.05) is 5.56 Å². The highest BCUT2D eigenvalue weighted by Crippen LogP contribution is 2.34. The maximum Gasteiger partial charge on any atom is 0.416 e. The number of rotatable bonds is 3. The summed E-state index contributed by atoms with van der Waals surface area (Å²) in [6.45, 7) is 0. The minimum atomic E-state index is -4.62. The summed E-state index contributed by atoms with van der Waals surface area (Å²) in [5.41, 5.74) is -1.88. The van der Waals surface area contributed by atoms with Crippen LogP contribution in [0.15, 0.2) is 24.5 Å². The van der Waals surface area contributed by atoms with Gasteiger partial charge in [-0.05, 0) is 18.2 Å². The van der Waals surface area contributed by atoms with Crippen molar-refractivity contribution in [2.75, 3.05) is 0 Å². The highest BCUT2D eigenvalue weighted by molar-refractivity contribution is 5.98. The van der Waals surface area contributed by atoms with Crippen LogP contribution in [0, 0.1) is 0 Å². The number of hydrogen-bond acceptors (Lipinski definition) is 3. The number of aromatic nitrogens is 2. The molecule has 2 aromatic rings. The predicted octanol–water partition coefficient (Wildman–Crippen LogP) is 2.61. The Balaban J connectivity index is 2.71. The van der Waals surface area contributed by atoms with E-state index >= 15 is 0 Å². The minimum absolute atomic E-state index is 0.0909. The number of carbonyl (C=O) groups is 2. The molecule has 0 saturated heterocycles. The van der Waals surface area contributed by atoms with E-state index in [1.54, 1.807) is 0 Å². The molecule has 0 saturated carbocycles. The molecule has 0 aliphatic heterocycles. The second-order valence-corrected chi connectivity index (χ2v) is 3.85. The largest absolute Gasteiger partial charge is 0.478 e. The number of nitrogens with zero attached hydrogens (tertiary/aromatic N) is 1. The monoisotopic (exact) mass is 284 g/mol.